The number of nitrogens with two attached hydrogens (primary N) is 1. The Morgan fingerprint density at radius 3 is 2.65 bits per heavy atom. The van der Waals surface area contributed by atoms with Crippen LogP contribution < -0.4 is 10.5 Å². The molecular formula is C13H10Cl2N4O. The van der Waals surface area contributed by atoms with Crippen LogP contribution >= 0.6 is 23.2 Å². The lowest BCUT2D eigenvalue weighted by molar-refractivity contribution is 0.276. The molecule has 1 heterocycles. The number of nitrogens with zero attached hydrogens (tertiary/aromatic N) is 3. The topological polar surface area (TPSA) is 84.8 Å². The van der Waals surface area contributed by atoms with Crippen molar-refractivity contribution in [1.82, 2.24) is 9.97 Å². The average molecular weight is 309 g/mol. The van der Waals surface area contributed by atoms with Crippen LogP contribution in [0, 0.1) is 11.3 Å². The van der Waals surface area contributed by atoms with Crippen molar-refractivity contribution in [3.8, 4) is 23.1 Å². The average Bonchev–Trinajstić information content (AvgIpc) is 2.37. The van der Waals surface area contributed by atoms with Crippen LogP contribution in [0.25, 0.3) is 11.3 Å². The van der Waals surface area contributed by atoms with Crippen molar-refractivity contribution in [1.29, 1.82) is 5.26 Å². The summed E-state index contributed by atoms with van der Waals surface area (Å²) in [4.78, 5) is 7.86. The number of halogens is 2. The van der Waals surface area contributed by atoms with Gasteiger partial charge < -0.3 is 10.5 Å². The molecule has 102 valence electrons. The molecule has 0 saturated heterocycles. The number of benzene rings is 1. The van der Waals surface area contributed by atoms with Gasteiger partial charge in [-0.3, -0.25) is 0 Å². The molecule has 0 spiro atoms. The molecule has 0 saturated carbocycles. The van der Waals surface area contributed by atoms with Crippen LogP contribution in [0.3, 0.4) is 0 Å². The Balaban J connectivity index is 2.37. The predicted octanol–water partition coefficient (Wildman–Crippen LogP) is 3.32. The molecule has 1 aromatic heterocycles. The highest BCUT2D eigenvalue weighted by molar-refractivity contribution is 6.33. The van der Waals surface area contributed by atoms with Gasteiger partial charge in [-0.1, -0.05) is 23.2 Å². The zero-order valence-electron chi connectivity index (χ0n) is 10.5. The predicted molar refractivity (Wildman–Crippen MR) is 77.6 cm³/mol. The molecule has 1 atom stereocenters. The molecule has 0 bridgehead atoms. The summed E-state index contributed by atoms with van der Waals surface area (Å²) < 4.78 is 5.35. The van der Waals surface area contributed by atoms with Crippen molar-refractivity contribution >= 4 is 29.2 Å². The number of ether oxygens (including phenoxy) is 1. The normalized spacial score (nSPS) is 11.7. The zero-order chi connectivity index (χ0) is 14.7. The largest absolute Gasteiger partial charge is 0.476 e. The molecule has 0 aliphatic heterocycles. The van der Waals surface area contributed by atoms with Crippen molar-refractivity contribution in [2.75, 3.05) is 5.73 Å². The van der Waals surface area contributed by atoms with Crippen molar-refractivity contribution in [2.45, 2.75) is 13.0 Å². The third-order valence-corrected chi connectivity index (χ3v) is 2.93. The summed E-state index contributed by atoms with van der Waals surface area (Å²) in [6.45, 7) is 1.65. The Bertz CT molecular complexity index is 664. The van der Waals surface area contributed by atoms with Crippen molar-refractivity contribution in [3.63, 3.8) is 0 Å². The number of anilines is 1. The second-order valence-electron chi connectivity index (χ2n) is 3.96. The van der Waals surface area contributed by atoms with Crippen molar-refractivity contribution in [3.05, 3.63) is 34.4 Å². The smallest absolute Gasteiger partial charge is 0.221 e. The summed E-state index contributed by atoms with van der Waals surface area (Å²) in [5.41, 5.74) is 6.72. The Labute approximate surface area is 125 Å². The number of aromatic nitrogens is 2. The SMILES string of the molecule is CC(C#N)Oc1ccc(-c2cc(Cl)nc(N)n2)c(Cl)c1. The quantitative estimate of drug-likeness (QED) is 0.879. The number of hydrogen-bond acceptors (Lipinski definition) is 5. The molecule has 0 aliphatic carbocycles. The van der Waals surface area contributed by atoms with Gasteiger partial charge in [-0.05, 0) is 25.1 Å². The standard InChI is InChI=1S/C13H10Cl2N4O/c1-7(6-16)20-8-2-3-9(10(14)4-8)11-5-12(15)19-13(17)18-11/h2-5,7H,1H3,(H2,17,18,19). The van der Waals surface area contributed by atoms with Gasteiger partial charge in [0, 0.05) is 11.6 Å². The first-order chi connectivity index (χ1) is 9.49. The maximum absolute atomic E-state index is 8.71. The summed E-state index contributed by atoms with van der Waals surface area (Å²) in [5, 5.41) is 9.36. The van der Waals surface area contributed by atoms with E-state index in [0.29, 0.717) is 22.0 Å². The molecule has 7 heteroatoms. The van der Waals surface area contributed by atoms with E-state index in [-0.39, 0.29) is 11.1 Å². The Hall–Kier alpha value is -2.03. The molecule has 5 nitrogen and oxygen atoms in total. The van der Waals surface area contributed by atoms with E-state index in [1.54, 1.807) is 31.2 Å². The molecule has 1 aromatic carbocycles. The van der Waals surface area contributed by atoms with Crippen LogP contribution in [-0.4, -0.2) is 16.1 Å². The van der Waals surface area contributed by atoms with Gasteiger partial charge in [0.25, 0.3) is 0 Å². The Morgan fingerprint density at radius 1 is 1.30 bits per heavy atom. The third kappa shape index (κ3) is 3.29. The van der Waals surface area contributed by atoms with Crippen LogP contribution in [-0.2, 0) is 0 Å². The molecule has 0 radical (unpaired) electrons. The summed E-state index contributed by atoms with van der Waals surface area (Å²) >= 11 is 12.0. The third-order valence-electron chi connectivity index (χ3n) is 2.42. The molecule has 0 amide bonds. The summed E-state index contributed by atoms with van der Waals surface area (Å²) in [5.74, 6) is 0.572. The van der Waals surface area contributed by atoms with Crippen LogP contribution in [0.4, 0.5) is 5.95 Å². The monoisotopic (exact) mass is 308 g/mol. The van der Waals surface area contributed by atoms with Crippen molar-refractivity contribution < 1.29 is 4.74 Å². The van der Waals surface area contributed by atoms with Crippen LogP contribution in [0.2, 0.25) is 10.2 Å². The maximum atomic E-state index is 8.71. The molecule has 20 heavy (non-hydrogen) atoms. The maximum Gasteiger partial charge on any atom is 0.221 e. The first kappa shape index (κ1) is 14.4. The van der Waals surface area contributed by atoms with Crippen LogP contribution in [0.1, 0.15) is 6.92 Å². The van der Waals surface area contributed by atoms with E-state index in [1.807, 2.05) is 6.07 Å². The van der Waals surface area contributed by atoms with Crippen LogP contribution in [0.15, 0.2) is 24.3 Å². The minimum atomic E-state index is -0.555. The number of hydrogen-bond donors (Lipinski definition) is 1. The second kappa shape index (κ2) is 5.95. The number of nitrogen functional groups attached to an aromatic ring is 1. The molecular weight excluding hydrogens is 299 g/mol. The van der Waals surface area contributed by atoms with E-state index in [2.05, 4.69) is 9.97 Å². The first-order valence-corrected chi connectivity index (χ1v) is 6.41. The Kier molecular flexibility index (Phi) is 4.28. The summed E-state index contributed by atoms with van der Waals surface area (Å²) in [6.07, 6.45) is -0.555. The fourth-order valence-corrected chi connectivity index (χ4v) is 2.04. The highest BCUT2D eigenvalue weighted by atomic mass is 35.5. The second-order valence-corrected chi connectivity index (χ2v) is 4.76. The summed E-state index contributed by atoms with van der Waals surface area (Å²) in [6, 6.07) is 8.57. The minimum absolute atomic E-state index is 0.0713. The highest BCUT2D eigenvalue weighted by Gasteiger charge is 2.10. The molecule has 0 fully saturated rings. The van der Waals surface area contributed by atoms with E-state index < -0.39 is 6.10 Å². The van der Waals surface area contributed by atoms with Gasteiger partial charge in [0.05, 0.1) is 10.7 Å². The number of rotatable bonds is 3. The fraction of sp³-hybridized carbons (Fsp3) is 0.154. The first-order valence-electron chi connectivity index (χ1n) is 5.66. The van der Waals surface area contributed by atoms with E-state index in [1.165, 1.54) is 0 Å². The molecule has 2 aromatic rings. The Morgan fingerprint density at radius 2 is 2.05 bits per heavy atom. The van der Waals surface area contributed by atoms with Gasteiger partial charge in [0.1, 0.15) is 17.0 Å². The van der Waals surface area contributed by atoms with Crippen LogP contribution in [0.5, 0.6) is 5.75 Å². The van der Waals surface area contributed by atoms with Gasteiger partial charge in [-0.2, -0.15) is 5.26 Å². The van der Waals surface area contributed by atoms with Gasteiger partial charge in [-0.25, -0.2) is 9.97 Å². The lowest BCUT2D eigenvalue weighted by atomic mass is 10.1. The number of nitriles is 1. The minimum Gasteiger partial charge on any atom is -0.476 e. The van der Waals surface area contributed by atoms with Gasteiger partial charge >= 0.3 is 0 Å². The molecule has 2 rings (SSSR count). The van der Waals surface area contributed by atoms with Gasteiger partial charge in [0.15, 0.2) is 6.10 Å². The zero-order valence-corrected chi connectivity index (χ0v) is 12.0. The molecule has 1 unspecified atom stereocenters. The lowest BCUT2D eigenvalue weighted by Gasteiger charge is -2.10. The fourth-order valence-electron chi connectivity index (χ4n) is 1.58. The molecule has 0 aliphatic rings. The lowest BCUT2D eigenvalue weighted by Crippen LogP contribution is -2.08. The summed E-state index contributed by atoms with van der Waals surface area (Å²) in [7, 11) is 0. The van der Waals surface area contributed by atoms with Gasteiger partial charge in [0.2, 0.25) is 5.95 Å². The van der Waals surface area contributed by atoms with E-state index >= 15 is 0 Å². The molecule has 2 N–H and O–H groups in total. The van der Waals surface area contributed by atoms with Crippen molar-refractivity contribution in [2.24, 2.45) is 0 Å². The van der Waals surface area contributed by atoms with Gasteiger partial charge in [-0.15, -0.1) is 0 Å². The highest BCUT2D eigenvalue weighted by Crippen LogP contribution is 2.31. The van der Waals surface area contributed by atoms with E-state index in [9.17, 15) is 0 Å². The van der Waals surface area contributed by atoms with E-state index in [4.69, 9.17) is 38.9 Å². The van der Waals surface area contributed by atoms with E-state index in [0.717, 1.165) is 0 Å².